The SMILES string of the molecule is CN(C(=O)c1cn(C)cn1)c1cccc(CN)c1. The van der Waals surface area contributed by atoms with E-state index >= 15 is 0 Å². The molecule has 0 spiro atoms. The molecule has 0 radical (unpaired) electrons. The van der Waals surface area contributed by atoms with E-state index in [1.807, 2.05) is 31.3 Å². The summed E-state index contributed by atoms with van der Waals surface area (Å²) in [5.41, 5.74) is 7.83. The second-order valence-electron chi connectivity index (χ2n) is 4.16. The van der Waals surface area contributed by atoms with Gasteiger partial charge in [0.15, 0.2) is 0 Å². The molecule has 1 aromatic carbocycles. The minimum Gasteiger partial charge on any atom is -0.340 e. The lowest BCUT2D eigenvalue weighted by Crippen LogP contribution is -2.26. The van der Waals surface area contributed by atoms with E-state index in [4.69, 9.17) is 5.73 Å². The van der Waals surface area contributed by atoms with Crippen LogP contribution in [0.1, 0.15) is 16.1 Å². The Hall–Kier alpha value is -2.14. The zero-order valence-electron chi connectivity index (χ0n) is 10.5. The molecule has 5 nitrogen and oxygen atoms in total. The first kappa shape index (κ1) is 12.3. The van der Waals surface area contributed by atoms with Crippen LogP contribution in [0.15, 0.2) is 36.8 Å². The van der Waals surface area contributed by atoms with E-state index in [0.717, 1.165) is 11.3 Å². The van der Waals surface area contributed by atoms with Crippen molar-refractivity contribution in [2.24, 2.45) is 12.8 Å². The van der Waals surface area contributed by atoms with Crippen molar-refractivity contribution in [1.82, 2.24) is 9.55 Å². The molecule has 1 heterocycles. The highest BCUT2D eigenvalue weighted by atomic mass is 16.2. The van der Waals surface area contributed by atoms with Gasteiger partial charge < -0.3 is 15.2 Å². The van der Waals surface area contributed by atoms with Crippen LogP contribution in [0.5, 0.6) is 0 Å². The highest BCUT2D eigenvalue weighted by Gasteiger charge is 2.15. The maximum absolute atomic E-state index is 12.2. The molecule has 0 aliphatic heterocycles. The summed E-state index contributed by atoms with van der Waals surface area (Å²) in [6, 6.07) is 7.60. The Morgan fingerprint density at radius 1 is 1.50 bits per heavy atom. The van der Waals surface area contributed by atoms with Gasteiger partial charge in [-0.1, -0.05) is 12.1 Å². The second kappa shape index (κ2) is 5.01. The Labute approximate surface area is 106 Å². The van der Waals surface area contributed by atoms with Gasteiger partial charge in [0.25, 0.3) is 5.91 Å². The van der Waals surface area contributed by atoms with Crippen LogP contribution in [0, 0.1) is 0 Å². The lowest BCUT2D eigenvalue weighted by Gasteiger charge is -2.16. The lowest BCUT2D eigenvalue weighted by atomic mass is 10.2. The summed E-state index contributed by atoms with van der Waals surface area (Å²) in [4.78, 5) is 17.8. The van der Waals surface area contributed by atoms with Crippen LogP contribution in [-0.4, -0.2) is 22.5 Å². The van der Waals surface area contributed by atoms with Gasteiger partial charge in [0, 0.05) is 32.5 Å². The number of carbonyl (C=O) groups is 1. The number of rotatable bonds is 3. The van der Waals surface area contributed by atoms with Crippen LogP contribution in [0.3, 0.4) is 0 Å². The second-order valence-corrected chi connectivity index (χ2v) is 4.16. The number of anilines is 1. The fraction of sp³-hybridized carbons (Fsp3) is 0.231. The minimum atomic E-state index is -0.134. The molecule has 0 fully saturated rings. The Kier molecular flexibility index (Phi) is 3.43. The van der Waals surface area contributed by atoms with Gasteiger partial charge in [-0.2, -0.15) is 0 Å². The summed E-state index contributed by atoms with van der Waals surface area (Å²) >= 11 is 0. The monoisotopic (exact) mass is 244 g/mol. The van der Waals surface area contributed by atoms with Crippen molar-refractivity contribution in [3.8, 4) is 0 Å². The quantitative estimate of drug-likeness (QED) is 0.881. The van der Waals surface area contributed by atoms with Gasteiger partial charge in [-0.05, 0) is 17.7 Å². The Balaban J connectivity index is 2.25. The van der Waals surface area contributed by atoms with Crippen LogP contribution in [-0.2, 0) is 13.6 Å². The van der Waals surface area contributed by atoms with Crippen LogP contribution >= 0.6 is 0 Å². The van der Waals surface area contributed by atoms with Gasteiger partial charge in [-0.25, -0.2) is 4.98 Å². The topological polar surface area (TPSA) is 64.2 Å². The van der Waals surface area contributed by atoms with E-state index in [-0.39, 0.29) is 5.91 Å². The number of nitrogens with zero attached hydrogens (tertiary/aromatic N) is 3. The van der Waals surface area contributed by atoms with Crippen LogP contribution < -0.4 is 10.6 Å². The first-order valence-electron chi connectivity index (χ1n) is 5.67. The Morgan fingerprint density at radius 2 is 2.28 bits per heavy atom. The fourth-order valence-corrected chi connectivity index (χ4v) is 1.70. The number of aromatic nitrogens is 2. The number of aryl methyl sites for hydroxylation is 1. The third-order valence-electron chi connectivity index (χ3n) is 2.76. The van der Waals surface area contributed by atoms with Gasteiger partial charge in [-0.3, -0.25) is 4.79 Å². The molecule has 0 aliphatic carbocycles. The largest absolute Gasteiger partial charge is 0.340 e. The van der Waals surface area contributed by atoms with E-state index in [2.05, 4.69) is 4.98 Å². The third kappa shape index (κ3) is 2.41. The minimum absolute atomic E-state index is 0.134. The standard InChI is InChI=1S/C13H16N4O/c1-16-8-12(15-9-16)13(18)17(2)11-5-3-4-10(6-11)7-14/h3-6,8-9H,7,14H2,1-2H3. The van der Waals surface area contributed by atoms with E-state index in [1.54, 1.807) is 29.0 Å². The number of benzene rings is 1. The molecule has 1 aromatic heterocycles. The zero-order chi connectivity index (χ0) is 13.1. The highest BCUT2D eigenvalue weighted by Crippen LogP contribution is 2.16. The number of hydrogen-bond acceptors (Lipinski definition) is 3. The molecular weight excluding hydrogens is 228 g/mol. The molecule has 2 rings (SSSR count). The van der Waals surface area contributed by atoms with Crippen LogP contribution in [0.25, 0.3) is 0 Å². The first-order chi connectivity index (χ1) is 8.61. The predicted molar refractivity (Wildman–Crippen MR) is 70.3 cm³/mol. The molecule has 0 saturated heterocycles. The third-order valence-corrected chi connectivity index (χ3v) is 2.76. The summed E-state index contributed by atoms with van der Waals surface area (Å²) < 4.78 is 1.75. The predicted octanol–water partition coefficient (Wildman–Crippen LogP) is 1.16. The summed E-state index contributed by atoms with van der Waals surface area (Å²) in [6.45, 7) is 0.458. The van der Waals surface area contributed by atoms with E-state index in [9.17, 15) is 4.79 Å². The van der Waals surface area contributed by atoms with Crippen molar-refractivity contribution in [3.63, 3.8) is 0 Å². The number of nitrogens with two attached hydrogens (primary N) is 1. The molecule has 0 unspecified atom stereocenters. The molecule has 94 valence electrons. The summed E-state index contributed by atoms with van der Waals surface area (Å²) in [6.07, 6.45) is 3.31. The number of amides is 1. The summed E-state index contributed by atoms with van der Waals surface area (Å²) in [5.74, 6) is -0.134. The molecule has 0 aliphatic rings. The average Bonchev–Trinajstić information content (AvgIpc) is 2.83. The summed E-state index contributed by atoms with van der Waals surface area (Å²) in [5, 5.41) is 0. The van der Waals surface area contributed by atoms with Gasteiger partial charge >= 0.3 is 0 Å². The fourth-order valence-electron chi connectivity index (χ4n) is 1.70. The van der Waals surface area contributed by atoms with Crippen molar-refractivity contribution >= 4 is 11.6 Å². The van der Waals surface area contributed by atoms with Crippen LogP contribution in [0.2, 0.25) is 0 Å². The Morgan fingerprint density at radius 3 is 2.89 bits per heavy atom. The van der Waals surface area contributed by atoms with Crippen molar-refractivity contribution in [2.75, 3.05) is 11.9 Å². The maximum atomic E-state index is 12.2. The number of hydrogen-bond donors (Lipinski definition) is 1. The van der Waals surface area contributed by atoms with E-state index < -0.39 is 0 Å². The van der Waals surface area contributed by atoms with Crippen LogP contribution in [0.4, 0.5) is 5.69 Å². The normalized spacial score (nSPS) is 10.4. The smallest absolute Gasteiger partial charge is 0.278 e. The van der Waals surface area contributed by atoms with E-state index in [1.165, 1.54) is 0 Å². The molecule has 0 bridgehead atoms. The Bertz CT molecular complexity index is 562. The van der Waals surface area contributed by atoms with Gasteiger partial charge in [-0.15, -0.1) is 0 Å². The molecule has 18 heavy (non-hydrogen) atoms. The highest BCUT2D eigenvalue weighted by molar-refractivity contribution is 6.04. The first-order valence-corrected chi connectivity index (χ1v) is 5.67. The molecule has 2 aromatic rings. The zero-order valence-corrected chi connectivity index (χ0v) is 10.5. The average molecular weight is 244 g/mol. The van der Waals surface area contributed by atoms with Gasteiger partial charge in [0.1, 0.15) is 5.69 Å². The van der Waals surface area contributed by atoms with Crippen molar-refractivity contribution in [2.45, 2.75) is 6.54 Å². The molecule has 1 amide bonds. The van der Waals surface area contributed by atoms with Gasteiger partial charge in [0.2, 0.25) is 0 Å². The maximum Gasteiger partial charge on any atom is 0.278 e. The molecular formula is C13H16N4O. The van der Waals surface area contributed by atoms with Crippen molar-refractivity contribution in [3.05, 3.63) is 48.0 Å². The number of carbonyl (C=O) groups excluding carboxylic acids is 1. The van der Waals surface area contributed by atoms with Gasteiger partial charge in [0.05, 0.1) is 6.33 Å². The molecule has 0 atom stereocenters. The molecule has 5 heteroatoms. The number of imidazole rings is 1. The van der Waals surface area contributed by atoms with Crippen molar-refractivity contribution in [1.29, 1.82) is 0 Å². The molecule has 2 N–H and O–H groups in total. The lowest BCUT2D eigenvalue weighted by molar-refractivity contribution is 0.0988. The van der Waals surface area contributed by atoms with E-state index in [0.29, 0.717) is 12.2 Å². The summed E-state index contributed by atoms with van der Waals surface area (Å²) in [7, 11) is 3.56. The molecule has 0 saturated carbocycles. The van der Waals surface area contributed by atoms with Crippen molar-refractivity contribution < 1.29 is 4.79 Å².